The van der Waals surface area contributed by atoms with Crippen molar-refractivity contribution in [2.45, 2.75) is 32.0 Å². The van der Waals surface area contributed by atoms with E-state index in [4.69, 9.17) is 28.9 Å². The Labute approximate surface area is 131 Å². The highest BCUT2D eigenvalue weighted by molar-refractivity contribution is 6.42. The van der Waals surface area contributed by atoms with Gasteiger partial charge >= 0.3 is 0 Å². The summed E-state index contributed by atoms with van der Waals surface area (Å²) < 4.78 is 0. The molecule has 1 fully saturated rings. The number of nitrogens with two attached hydrogens (primary N) is 1. The molecule has 20 heavy (non-hydrogen) atoms. The van der Waals surface area contributed by atoms with Gasteiger partial charge < -0.3 is 5.73 Å². The van der Waals surface area contributed by atoms with Crippen LogP contribution in [0.5, 0.6) is 0 Å². The molecular weight excluding hydrogens is 293 g/mol. The molecule has 0 aromatic heterocycles. The van der Waals surface area contributed by atoms with Gasteiger partial charge in [-0.2, -0.15) is 0 Å². The lowest BCUT2D eigenvalue weighted by Gasteiger charge is -2.45. The van der Waals surface area contributed by atoms with Crippen LogP contribution in [0.25, 0.3) is 0 Å². The second kappa shape index (κ2) is 6.63. The molecule has 1 saturated heterocycles. The first kappa shape index (κ1) is 16.1. The Hall–Kier alpha value is -0.320. The molecule has 112 valence electrons. The molecule has 2 N–H and O–H groups in total. The van der Waals surface area contributed by atoms with E-state index in [2.05, 4.69) is 30.7 Å². The first-order valence-electron chi connectivity index (χ1n) is 7.05. The van der Waals surface area contributed by atoms with Gasteiger partial charge in [0.1, 0.15) is 0 Å². The topological polar surface area (TPSA) is 32.5 Å². The van der Waals surface area contributed by atoms with Gasteiger partial charge in [0.05, 0.1) is 10.0 Å². The van der Waals surface area contributed by atoms with Crippen LogP contribution >= 0.6 is 23.2 Å². The molecule has 0 bridgehead atoms. The summed E-state index contributed by atoms with van der Waals surface area (Å²) in [4.78, 5) is 4.83. The van der Waals surface area contributed by atoms with Gasteiger partial charge in [0.15, 0.2) is 0 Å². The SMILES string of the molecule is CC1CN(C(CN)c2cccc(Cl)c2Cl)CC(C)N1C. The van der Waals surface area contributed by atoms with Crippen LogP contribution < -0.4 is 5.73 Å². The molecule has 1 aromatic rings. The van der Waals surface area contributed by atoms with Crippen LogP contribution in [-0.4, -0.2) is 48.6 Å². The van der Waals surface area contributed by atoms with E-state index in [-0.39, 0.29) is 6.04 Å². The third kappa shape index (κ3) is 3.12. The van der Waals surface area contributed by atoms with Gasteiger partial charge in [-0.15, -0.1) is 0 Å². The highest BCUT2D eigenvalue weighted by Crippen LogP contribution is 2.33. The van der Waals surface area contributed by atoms with Crippen molar-refractivity contribution in [3.63, 3.8) is 0 Å². The van der Waals surface area contributed by atoms with Crippen molar-refractivity contribution in [1.82, 2.24) is 9.80 Å². The third-order valence-electron chi connectivity index (χ3n) is 4.39. The van der Waals surface area contributed by atoms with Crippen LogP contribution in [0.1, 0.15) is 25.5 Å². The monoisotopic (exact) mass is 315 g/mol. The Morgan fingerprint density at radius 3 is 2.40 bits per heavy atom. The molecule has 0 radical (unpaired) electrons. The van der Waals surface area contributed by atoms with E-state index >= 15 is 0 Å². The van der Waals surface area contributed by atoms with Crippen LogP contribution in [0.4, 0.5) is 0 Å². The molecule has 5 heteroatoms. The maximum absolute atomic E-state index is 6.36. The molecule has 3 nitrogen and oxygen atoms in total. The van der Waals surface area contributed by atoms with E-state index in [0.717, 1.165) is 18.7 Å². The van der Waals surface area contributed by atoms with Crippen molar-refractivity contribution in [1.29, 1.82) is 0 Å². The molecule has 3 unspecified atom stereocenters. The third-order valence-corrected chi connectivity index (χ3v) is 5.23. The first-order valence-corrected chi connectivity index (χ1v) is 7.81. The van der Waals surface area contributed by atoms with Gasteiger partial charge in [0.25, 0.3) is 0 Å². The first-order chi connectivity index (χ1) is 9.45. The molecular formula is C15H23Cl2N3. The fourth-order valence-corrected chi connectivity index (χ4v) is 3.38. The minimum Gasteiger partial charge on any atom is -0.329 e. The van der Waals surface area contributed by atoms with Crippen LogP contribution in [0, 0.1) is 0 Å². The smallest absolute Gasteiger partial charge is 0.0640 e. The Bertz CT molecular complexity index is 454. The summed E-state index contributed by atoms with van der Waals surface area (Å²) in [5, 5.41) is 1.22. The normalized spacial score (nSPS) is 26.7. The fraction of sp³-hybridized carbons (Fsp3) is 0.600. The average molecular weight is 316 g/mol. The van der Waals surface area contributed by atoms with Crippen molar-refractivity contribution >= 4 is 23.2 Å². The Balaban J connectivity index is 2.26. The summed E-state index contributed by atoms with van der Waals surface area (Å²) in [5.74, 6) is 0. The summed E-state index contributed by atoms with van der Waals surface area (Å²) in [6.45, 7) is 7.02. The number of likely N-dealkylation sites (N-methyl/N-ethyl adjacent to an activating group) is 1. The zero-order valence-electron chi connectivity index (χ0n) is 12.3. The lowest BCUT2D eigenvalue weighted by atomic mass is 10.0. The van der Waals surface area contributed by atoms with E-state index < -0.39 is 0 Å². The molecule has 0 spiro atoms. The molecule has 1 aliphatic heterocycles. The second-order valence-corrected chi connectivity index (χ2v) is 6.50. The molecule has 3 atom stereocenters. The highest BCUT2D eigenvalue weighted by Gasteiger charge is 2.31. The molecule has 1 aliphatic rings. The average Bonchev–Trinajstić information content (AvgIpc) is 2.41. The van der Waals surface area contributed by atoms with E-state index in [1.165, 1.54) is 0 Å². The maximum Gasteiger partial charge on any atom is 0.0640 e. The Morgan fingerprint density at radius 2 is 1.85 bits per heavy atom. The molecule has 0 amide bonds. The van der Waals surface area contributed by atoms with Crippen LogP contribution in [0.15, 0.2) is 18.2 Å². The summed E-state index contributed by atoms with van der Waals surface area (Å²) in [5.41, 5.74) is 7.06. The quantitative estimate of drug-likeness (QED) is 0.930. The van der Waals surface area contributed by atoms with Gasteiger partial charge in [-0.25, -0.2) is 0 Å². The number of hydrogen-bond acceptors (Lipinski definition) is 3. The van der Waals surface area contributed by atoms with Crippen LogP contribution in [-0.2, 0) is 0 Å². The number of nitrogens with zero attached hydrogens (tertiary/aromatic N) is 2. The predicted molar refractivity (Wildman–Crippen MR) is 86.5 cm³/mol. The molecule has 0 saturated carbocycles. The van der Waals surface area contributed by atoms with Crippen LogP contribution in [0.2, 0.25) is 10.0 Å². The number of rotatable bonds is 3. The molecule has 1 heterocycles. The van der Waals surface area contributed by atoms with Crippen molar-refractivity contribution < 1.29 is 0 Å². The number of piperazine rings is 1. The lowest BCUT2D eigenvalue weighted by molar-refractivity contribution is 0.0352. The zero-order valence-corrected chi connectivity index (χ0v) is 13.8. The molecule has 0 aliphatic carbocycles. The lowest BCUT2D eigenvalue weighted by Crippen LogP contribution is -2.56. The van der Waals surface area contributed by atoms with E-state index in [1.54, 1.807) is 0 Å². The summed E-state index contributed by atoms with van der Waals surface area (Å²) in [6, 6.07) is 6.92. The van der Waals surface area contributed by atoms with E-state index in [1.807, 2.05) is 18.2 Å². The van der Waals surface area contributed by atoms with Gasteiger partial charge in [-0.3, -0.25) is 9.80 Å². The standard InChI is InChI=1S/C15H23Cl2N3/c1-10-8-20(9-11(2)19(10)3)14(7-18)12-5-4-6-13(16)15(12)17/h4-6,10-11,14H,7-9,18H2,1-3H3. The zero-order chi connectivity index (χ0) is 14.9. The van der Waals surface area contributed by atoms with Gasteiger partial charge in [0.2, 0.25) is 0 Å². The highest BCUT2D eigenvalue weighted by atomic mass is 35.5. The summed E-state index contributed by atoms with van der Waals surface area (Å²) in [6.07, 6.45) is 0. The summed E-state index contributed by atoms with van der Waals surface area (Å²) in [7, 11) is 2.18. The number of hydrogen-bond donors (Lipinski definition) is 1. The number of benzene rings is 1. The molecule has 2 rings (SSSR count). The fourth-order valence-electron chi connectivity index (χ4n) is 2.95. The number of halogens is 2. The van der Waals surface area contributed by atoms with Crippen molar-refractivity contribution in [2.24, 2.45) is 5.73 Å². The Kier molecular flexibility index (Phi) is 5.32. The predicted octanol–water partition coefficient (Wildman–Crippen LogP) is 3.02. The molecule has 1 aromatic carbocycles. The van der Waals surface area contributed by atoms with Gasteiger partial charge in [0, 0.05) is 37.8 Å². The minimum atomic E-state index is 0.125. The summed E-state index contributed by atoms with van der Waals surface area (Å²) >= 11 is 12.5. The van der Waals surface area contributed by atoms with Crippen molar-refractivity contribution in [3.05, 3.63) is 33.8 Å². The van der Waals surface area contributed by atoms with Crippen molar-refractivity contribution in [3.8, 4) is 0 Å². The largest absolute Gasteiger partial charge is 0.329 e. The maximum atomic E-state index is 6.36. The van der Waals surface area contributed by atoms with Crippen molar-refractivity contribution in [2.75, 3.05) is 26.7 Å². The minimum absolute atomic E-state index is 0.125. The van der Waals surface area contributed by atoms with Crippen LogP contribution in [0.3, 0.4) is 0 Å². The second-order valence-electron chi connectivity index (χ2n) is 5.71. The Morgan fingerprint density at radius 1 is 1.25 bits per heavy atom. The van der Waals surface area contributed by atoms with Gasteiger partial charge in [-0.05, 0) is 32.5 Å². The van der Waals surface area contributed by atoms with E-state index in [9.17, 15) is 0 Å². The van der Waals surface area contributed by atoms with Gasteiger partial charge in [-0.1, -0.05) is 35.3 Å². The van der Waals surface area contributed by atoms with E-state index in [0.29, 0.717) is 28.7 Å².